The Labute approximate surface area is 214 Å². The maximum absolute atomic E-state index is 14.4. The molecule has 4 rings (SSSR count). The fourth-order valence-corrected chi connectivity index (χ4v) is 4.21. The number of hydrogen-bond donors (Lipinski definition) is 2. The molecule has 2 aromatic carbocycles. The summed E-state index contributed by atoms with van der Waals surface area (Å²) < 4.78 is 69.4. The lowest BCUT2D eigenvalue weighted by Gasteiger charge is -2.18. The van der Waals surface area contributed by atoms with E-state index in [0.29, 0.717) is 23.8 Å². The second-order valence-corrected chi connectivity index (χ2v) is 9.35. The summed E-state index contributed by atoms with van der Waals surface area (Å²) >= 11 is 1.36. The number of carbonyl (C=O) groups is 1. The van der Waals surface area contributed by atoms with Crippen LogP contribution in [0.5, 0.6) is 11.5 Å². The van der Waals surface area contributed by atoms with Gasteiger partial charge in [-0.2, -0.15) is 20.5 Å². The molecule has 0 aliphatic heterocycles. The molecule has 1 fully saturated rings. The molecule has 0 spiro atoms. The van der Waals surface area contributed by atoms with Crippen LogP contribution < -0.4 is 20.5 Å². The van der Waals surface area contributed by atoms with E-state index in [1.165, 1.54) is 36.0 Å². The van der Waals surface area contributed by atoms with Crippen molar-refractivity contribution in [2.24, 2.45) is 11.7 Å². The Morgan fingerprint density at radius 2 is 2.00 bits per heavy atom. The van der Waals surface area contributed by atoms with Gasteiger partial charge >= 0.3 is 6.61 Å². The smallest absolute Gasteiger partial charge is 0.387 e. The van der Waals surface area contributed by atoms with E-state index in [-0.39, 0.29) is 41.0 Å². The van der Waals surface area contributed by atoms with E-state index in [4.69, 9.17) is 14.9 Å². The van der Waals surface area contributed by atoms with E-state index in [0.717, 1.165) is 25.0 Å². The molecule has 198 valence electrons. The second-order valence-electron chi connectivity index (χ2n) is 8.44. The van der Waals surface area contributed by atoms with E-state index in [2.05, 4.69) is 15.0 Å². The van der Waals surface area contributed by atoms with Gasteiger partial charge in [0.15, 0.2) is 23.0 Å². The molecule has 37 heavy (non-hydrogen) atoms. The molecule has 1 amide bonds. The summed E-state index contributed by atoms with van der Waals surface area (Å²) in [4.78, 5) is 17.4. The number of aromatic nitrogens is 1. The van der Waals surface area contributed by atoms with Gasteiger partial charge in [-0.3, -0.25) is 4.79 Å². The Hall–Kier alpha value is -3.25. The maximum atomic E-state index is 14.4. The van der Waals surface area contributed by atoms with E-state index < -0.39 is 30.2 Å². The lowest BCUT2D eigenvalue weighted by Crippen LogP contribution is -2.31. The van der Waals surface area contributed by atoms with Crippen LogP contribution in [0.25, 0.3) is 11.5 Å². The molecule has 7 nitrogen and oxygen atoms in total. The van der Waals surface area contributed by atoms with Gasteiger partial charge in [0.1, 0.15) is 11.6 Å². The molecule has 1 aliphatic carbocycles. The largest absolute Gasteiger partial charge is 0.489 e. The van der Waals surface area contributed by atoms with Gasteiger partial charge in [-0.05, 0) is 49.3 Å². The van der Waals surface area contributed by atoms with Crippen molar-refractivity contribution in [1.29, 1.82) is 0 Å². The first kappa shape index (κ1) is 26.8. The van der Waals surface area contributed by atoms with E-state index >= 15 is 0 Å². The number of carbonyl (C=O) groups excluding carboxylic acids is 1. The van der Waals surface area contributed by atoms with Gasteiger partial charge in [0.2, 0.25) is 5.89 Å². The summed E-state index contributed by atoms with van der Waals surface area (Å²) in [6, 6.07) is 6.55. The average molecular weight is 540 g/mol. The molecule has 0 radical (unpaired) electrons. The Balaban J connectivity index is 1.60. The first-order valence-electron chi connectivity index (χ1n) is 11.5. The maximum Gasteiger partial charge on any atom is 0.387 e. The summed E-state index contributed by atoms with van der Waals surface area (Å²) in [6.45, 7) is -2.84. The number of hydrogen-bond acceptors (Lipinski definition) is 7. The number of alkyl halides is 2. The Bertz CT molecular complexity index is 1250. The highest BCUT2D eigenvalue weighted by Gasteiger charge is 2.26. The highest BCUT2D eigenvalue weighted by Crippen LogP contribution is 2.36. The molecular formula is C25H25F4N3O4S. The van der Waals surface area contributed by atoms with Crippen LogP contribution in [0.4, 0.5) is 17.6 Å². The van der Waals surface area contributed by atoms with Crippen molar-refractivity contribution in [2.45, 2.75) is 32.0 Å². The van der Waals surface area contributed by atoms with Gasteiger partial charge in [-0.1, -0.05) is 6.07 Å². The normalized spacial score (nSPS) is 14.0. The van der Waals surface area contributed by atoms with Crippen LogP contribution in [0.1, 0.15) is 40.7 Å². The summed E-state index contributed by atoms with van der Waals surface area (Å²) in [5.74, 6) is -1.46. The minimum atomic E-state index is -3.03. The van der Waals surface area contributed by atoms with Crippen molar-refractivity contribution in [3.8, 4) is 23.0 Å². The van der Waals surface area contributed by atoms with Gasteiger partial charge in [-0.15, -0.1) is 0 Å². The summed E-state index contributed by atoms with van der Waals surface area (Å²) in [6.07, 6.45) is 3.79. The van der Waals surface area contributed by atoms with Crippen molar-refractivity contribution in [2.75, 3.05) is 18.6 Å². The molecule has 1 aromatic heterocycles. The number of ether oxygens (including phenoxy) is 2. The van der Waals surface area contributed by atoms with Crippen molar-refractivity contribution in [3.05, 3.63) is 65.1 Å². The minimum absolute atomic E-state index is 0.0137. The van der Waals surface area contributed by atoms with E-state index in [9.17, 15) is 22.4 Å². The van der Waals surface area contributed by atoms with Crippen LogP contribution in [-0.4, -0.2) is 36.1 Å². The van der Waals surface area contributed by atoms with Crippen molar-refractivity contribution in [1.82, 2.24) is 10.3 Å². The van der Waals surface area contributed by atoms with Gasteiger partial charge in [-0.25, -0.2) is 13.8 Å². The molecule has 3 aromatic rings. The molecule has 1 heterocycles. The first-order valence-corrected chi connectivity index (χ1v) is 12.8. The number of thioether (sulfide) groups is 1. The van der Waals surface area contributed by atoms with Crippen molar-refractivity contribution in [3.63, 3.8) is 0 Å². The molecule has 1 saturated carbocycles. The number of halogens is 4. The monoisotopic (exact) mass is 539 g/mol. The second kappa shape index (κ2) is 11.9. The zero-order chi connectivity index (χ0) is 26.5. The Kier molecular flexibility index (Phi) is 8.59. The topological polar surface area (TPSA) is 99.6 Å². The predicted molar refractivity (Wildman–Crippen MR) is 130 cm³/mol. The zero-order valence-corrected chi connectivity index (χ0v) is 20.6. The van der Waals surface area contributed by atoms with Crippen LogP contribution in [0, 0.1) is 17.6 Å². The summed E-state index contributed by atoms with van der Waals surface area (Å²) in [5, 5.41) is 2.70. The lowest BCUT2D eigenvalue weighted by molar-refractivity contribution is -0.0515. The molecule has 12 heteroatoms. The quantitative estimate of drug-likeness (QED) is 0.301. The van der Waals surface area contributed by atoms with Crippen LogP contribution in [0.2, 0.25) is 0 Å². The Morgan fingerprint density at radius 1 is 1.22 bits per heavy atom. The molecule has 3 N–H and O–H groups in total. The average Bonchev–Trinajstić information content (AvgIpc) is 3.58. The molecular weight excluding hydrogens is 514 g/mol. The molecule has 1 unspecified atom stereocenters. The third-order valence-electron chi connectivity index (χ3n) is 5.65. The number of oxazole rings is 1. The molecule has 1 aliphatic rings. The number of nitrogens with two attached hydrogens (primary N) is 1. The minimum Gasteiger partial charge on any atom is -0.489 e. The van der Waals surface area contributed by atoms with Gasteiger partial charge < -0.3 is 24.9 Å². The van der Waals surface area contributed by atoms with Gasteiger partial charge in [0, 0.05) is 22.9 Å². The first-order chi connectivity index (χ1) is 17.8. The van der Waals surface area contributed by atoms with Crippen LogP contribution in [0.15, 0.2) is 40.8 Å². The van der Waals surface area contributed by atoms with Crippen LogP contribution >= 0.6 is 11.8 Å². The molecule has 1 atom stereocenters. The highest BCUT2D eigenvalue weighted by molar-refractivity contribution is 7.98. The van der Waals surface area contributed by atoms with Crippen LogP contribution in [0.3, 0.4) is 0 Å². The van der Waals surface area contributed by atoms with E-state index in [1.807, 2.05) is 0 Å². The fourth-order valence-electron chi connectivity index (χ4n) is 3.62. The summed E-state index contributed by atoms with van der Waals surface area (Å²) in [5.41, 5.74) is 6.13. The standard InChI is InChI=1S/C25H25F4N3O4S/c1-37-12-18(16-6-5-15(26)9-17(16)27)31-23(33)22-21(10-30)35-24(32-22)14-4-7-19(36-25(28)29)20(8-14)34-11-13-2-3-13/h4-9,13,18,25H,2-3,10-12,30H2,1H3,(H,31,33). The third-order valence-corrected chi connectivity index (χ3v) is 6.32. The van der Waals surface area contributed by atoms with Crippen LogP contribution in [-0.2, 0) is 6.54 Å². The predicted octanol–water partition coefficient (Wildman–Crippen LogP) is 5.30. The van der Waals surface area contributed by atoms with Crippen molar-refractivity contribution >= 4 is 17.7 Å². The third kappa shape index (κ3) is 6.75. The van der Waals surface area contributed by atoms with E-state index in [1.54, 1.807) is 6.26 Å². The van der Waals surface area contributed by atoms with Gasteiger partial charge in [0.25, 0.3) is 5.91 Å². The molecule has 0 bridgehead atoms. The number of nitrogens with zero attached hydrogens (tertiary/aromatic N) is 1. The number of benzene rings is 2. The highest BCUT2D eigenvalue weighted by atomic mass is 32.2. The number of nitrogens with one attached hydrogen (secondary N) is 1. The zero-order valence-electron chi connectivity index (χ0n) is 19.8. The van der Waals surface area contributed by atoms with Crippen molar-refractivity contribution < 1.29 is 36.2 Å². The Morgan fingerprint density at radius 3 is 2.65 bits per heavy atom. The van der Waals surface area contributed by atoms with Gasteiger partial charge in [0.05, 0.1) is 19.2 Å². The number of rotatable bonds is 12. The summed E-state index contributed by atoms with van der Waals surface area (Å²) in [7, 11) is 0. The lowest BCUT2D eigenvalue weighted by atomic mass is 10.1. The SMILES string of the molecule is CSCC(NC(=O)c1nc(-c2ccc(OC(F)F)c(OCC3CC3)c2)oc1CN)c1ccc(F)cc1F. The fraction of sp³-hybridized carbons (Fsp3) is 0.360. The molecule has 0 saturated heterocycles. The number of amides is 1.